The van der Waals surface area contributed by atoms with Gasteiger partial charge in [-0.3, -0.25) is 14.4 Å². The van der Waals surface area contributed by atoms with Crippen molar-refractivity contribution in [1.29, 1.82) is 0 Å². The number of carbonyl (C=O) groups excluding carboxylic acids is 2. The maximum absolute atomic E-state index is 14.3. The molecular weight excluding hydrogens is 706 g/mol. The number of hydrogen-bond donors (Lipinski definition) is 4. The average molecular weight is 777 g/mol. The first-order valence-corrected chi connectivity index (χ1v) is 20.7. The molecule has 1 heterocycles. The summed E-state index contributed by atoms with van der Waals surface area (Å²) in [6.45, 7) is 11.0. The van der Waals surface area contributed by atoms with Crippen LogP contribution in [0.3, 0.4) is 0 Å². The third kappa shape index (κ3) is 11.1. The molecule has 306 valence electrons. The summed E-state index contributed by atoms with van der Waals surface area (Å²) >= 11 is 6.24. The monoisotopic (exact) mass is 776 g/mol. The van der Waals surface area contributed by atoms with E-state index >= 15 is 0 Å². The molecule has 2 fully saturated rings. The predicted octanol–water partition coefficient (Wildman–Crippen LogP) is 4.72. The molecule has 4 aliphatic rings. The van der Waals surface area contributed by atoms with E-state index in [0.717, 1.165) is 62.1 Å². The van der Waals surface area contributed by atoms with E-state index in [9.17, 15) is 19.8 Å². The first kappa shape index (κ1) is 44.3. The van der Waals surface area contributed by atoms with E-state index < -0.39 is 24.2 Å². The summed E-state index contributed by atoms with van der Waals surface area (Å²) < 4.78 is 6.19. The maximum Gasteiger partial charge on any atom is 0.251 e. The minimum Gasteiger partial charge on any atom is -0.500 e. The van der Waals surface area contributed by atoms with Crippen LogP contribution in [0.5, 0.6) is 0 Å². The fourth-order valence-corrected chi connectivity index (χ4v) is 9.32. The van der Waals surface area contributed by atoms with Gasteiger partial charge in [0, 0.05) is 67.3 Å². The minimum absolute atomic E-state index is 0.0220. The fraction of sp³-hybridized carbons (Fsp3) is 0.762. The van der Waals surface area contributed by atoms with Gasteiger partial charge in [0.2, 0.25) is 5.91 Å². The molecule has 1 saturated heterocycles. The van der Waals surface area contributed by atoms with Gasteiger partial charge >= 0.3 is 0 Å². The lowest BCUT2D eigenvalue weighted by molar-refractivity contribution is -0.172. The standard InChI is InChI=1S/C42H70ClN5O6/c1-25(2)16-33(23-46(6)7)44-41(51)32-17-31(18-34(19-32)47(8)9)35-13-11-12-30(40(35)53-10)22-48-39(38(28(5)50)37(24-49)54-48)42(52)45-36-20-29(27(4)21-43)15-14-26(36)3/h11-12,17,19,25-29,31,33,35-39,49-50H,13-16,18,20-24H2,1-10H3,(H,44,51)(H,45,52)/t26-,27?,28-,29+,31?,33-,35?,36-,37-,38+,39-/m0/s1. The van der Waals surface area contributed by atoms with Crippen molar-refractivity contribution in [3.8, 4) is 0 Å². The van der Waals surface area contributed by atoms with Gasteiger partial charge in [0.05, 0.1) is 26.4 Å². The van der Waals surface area contributed by atoms with Crippen LogP contribution >= 0.6 is 11.6 Å². The number of nitrogens with zero attached hydrogens (tertiary/aromatic N) is 3. The average Bonchev–Trinajstić information content (AvgIpc) is 3.49. The van der Waals surface area contributed by atoms with Gasteiger partial charge in [-0.1, -0.05) is 45.9 Å². The van der Waals surface area contributed by atoms with E-state index in [1.165, 1.54) is 0 Å². The Hall–Kier alpha value is -2.41. The number of alkyl halides is 1. The van der Waals surface area contributed by atoms with Crippen LogP contribution in [-0.4, -0.2) is 128 Å². The summed E-state index contributed by atoms with van der Waals surface area (Å²) in [5, 5.41) is 29.7. The van der Waals surface area contributed by atoms with Crippen LogP contribution in [0.15, 0.2) is 46.9 Å². The summed E-state index contributed by atoms with van der Waals surface area (Å²) in [5.74, 6) is 1.91. The molecule has 11 nitrogen and oxygen atoms in total. The van der Waals surface area contributed by atoms with Crippen LogP contribution in [0.4, 0.5) is 0 Å². The first-order chi connectivity index (χ1) is 25.6. The highest BCUT2D eigenvalue weighted by molar-refractivity contribution is 6.18. The van der Waals surface area contributed by atoms with Gasteiger partial charge in [0.15, 0.2) is 0 Å². The number of allylic oxidation sites excluding steroid dienone is 4. The van der Waals surface area contributed by atoms with E-state index in [0.29, 0.717) is 35.1 Å². The molecule has 0 aromatic heterocycles. The zero-order valence-corrected chi connectivity index (χ0v) is 35.3. The molecule has 3 unspecified atom stereocenters. The molecule has 1 aliphatic heterocycles. The Morgan fingerprint density at radius 1 is 1.15 bits per heavy atom. The van der Waals surface area contributed by atoms with Crippen molar-refractivity contribution < 1.29 is 29.4 Å². The van der Waals surface area contributed by atoms with Crippen molar-refractivity contribution in [3.63, 3.8) is 0 Å². The van der Waals surface area contributed by atoms with Gasteiger partial charge in [-0.05, 0) is 95.2 Å². The lowest BCUT2D eigenvalue weighted by Gasteiger charge is -2.38. The second kappa shape index (κ2) is 20.1. The number of aliphatic hydroxyl groups is 2. The highest BCUT2D eigenvalue weighted by atomic mass is 35.5. The van der Waals surface area contributed by atoms with E-state index in [4.69, 9.17) is 21.2 Å². The number of carbonyl (C=O) groups is 2. The van der Waals surface area contributed by atoms with Crippen molar-refractivity contribution in [2.75, 3.05) is 60.9 Å². The SMILES string of the molecule is COC1=C(CN2O[C@@H](CO)[C@@H]([C@H](C)O)[C@H]2C(=O)N[C@H]2C[C@H](C(C)CCl)CC[C@@H]2C)C=CCC1C1C=C(C(=O)N[C@@H](CC(C)C)CN(C)C)C=C(N(C)C)C1. The summed E-state index contributed by atoms with van der Waals surface area (Å²) in [4.78, 5) is 38.7. The van der Waals surface area contributed by atoms with E-state index in [1.54, 1.807) is 19.1 Å². The van der Waals surface area contributed by atoms with Crippen molar-refractivity contribution in [2.24, 2.45) is 41.4 Å². The number of hydrogen-bond acceptors (Lipinski definition) is 9. The van der Waals surface area contributed by atoms with E-state index in [1.807, 2.05) is 40.3 Å². The minimum atomic E-state index is -0.896. The van der Waals surface area contributed by atoms with E-state index in [2.05, 4.69) is 60.3 Å². The predicted molar refractivity (Wildman–Crippen MR) is 215 cm³/mol. The fourth-order valence-electron chi connectivity index (χ4n) is 9.06. The number of amides is 2. The van der Waals surface area contributed by atoms with Gasteiger partial charge in [-0.2, -0.15) is 5.06 Å². The van der Waals surface area contributed by atoms with Crippen LogP contribution in [0.1, 0.15) is 73.1 Å². The summed E-state index contributed by atoms with van der Waals surface area (Å²) in [6, 6.07) is -0.820. The molecule has 0 spiro atoms. The van der Waals surface area contributed by atoms with Gasteiger partial charge < -0.3 is 35.4 Å². The topological polar surface area (TPSA) is 127 Å². The largest absolute Gasteiger partial charge is 0.500 e. The lowest BCUT2D eigenvalue weighted by Crippen LogP contribution is -2.54. The van der Waals surface area contributed by atoms with Crippen LogP contribution in [0.2, 0.25) is 0 Å². The summed E-state index contributed by atoms with van der Waals surface area (Å²) in [5.41, 5.74) is 2.58. The third-order valence-corrected chi connectivity index (χ3v) is 12.6. The molecule has 54 heavy (non-hydrogen) atoms. The smallest absolute Gasteiger partial charge is 0.251 e. The molecule has 0 radical (unpaired) electrons. The van der Waals surface area contributed by atoms with Crippen LogP contribution < -0.4 is 10.6 Å². The molecule has 1 saturated carbocycles. The summed E-state index contributed by atoms with van der Waals surface area (Å²) in [6.07, 6.45) is 11.9. The Bertz CT molecular complexity index is 1380. The zero-order valence-electron chi connectivity index (χ0n) is 34.6. The summed E-state index contributed by atoms with van der Waals surface area (Å²) in [7, 11) is 9.75. The van der Waals surface area contributed by atoms with Gasteiger partial charge in [-0.15, -0.1) is 11.6 Å². The number of aliphatic hydroxyl groups excluding tert-OH is 2. The molecular formula is C42H70ClN5O6. The molecule has 3 aliphatic carbocycles. The highest BCUT2D eigenvalue weighted by Crippen LogP contribution is 2.41. The second-order valence-electron chi connectivity index (χ2n) is 17.4. The molecule has 4 rings (SSSR count). The molecule has 2 amide bonds. The van der Waals surface area contributed by atoms with Crippen molar-refractivity contribution in [3.05, 3.63) is 46.9 Å². The Labute approximate surface area is 330 Å². The van der Waals surface area contributed by atoms with Crippen molar-refractivity contribution >= 4 is 23.4 Å². The number of hydroxylamine groups is 2. The molecule has 0 aromatic carbocycles. The van der Waals surface area contributed by atoms with E-state index in [-0.39, 0.29) is 48.9 Å². The van der Waals surface area contributed by atoms with Crippen LogP contribution in [0, 0.1) is 41.4 Å². The van der Waals surface area contributed by atoms with Crippen molar-refractivity contribution in [1.82, 2.24) is 25.5 Å². The maximum atomic E-state index is 14.3. The Morgan fingerprint density at radius 3 is 2.46 bits per heavy atom. The highest BCUT2D eigenvalue weighted by Gasteiger charge is 2.50. The molecule has 0 bridgehead atoms. The van der Waals surface area contributed by atoms with Crippen molar-refractivity contribution in [2.45, 2.75) is 103 Å². The molecule has 12 heteroatoms. The first-order valence-electron chi connectivity index (χ1n) is 20.2. The lowest BCUT2D eigenvalue weighted by atomic mass is 9.74. The van der Waals surface area contributed by atoms with Crippen LogP contribution in [-0.2, 0) is 19.2 Å². The number of nitrogens with one attached hydrogen (secondary N) is 2. The number of rotatable bonds is 17. The van der Waals surface area contributed by atoms with Gasteiger partial charge in [0.25, 0.3) is 5.91 Å². The number of ether oxygens (including phenoxy) is 1. The Morgan fingerprint density at radius 2 is 1.87 bits per heavy atom. The molecule has 0 aromatic rings. The number of halogens is 1. The third-order valence-electron chi connectivity index (χ3n) is 12.1. The normalized spacial score (nSPS) is 30.9. The molecule has 11 atom stereocenters. The second-order valence-corrected chi connectivity index (χ2v) is 17.7. The number of likely N-dealkylation sites (N-methyl/N-ethyl adjacent to an activating group) is 1. The Balaban J connectivity index is 1.62. The molecule has 4 N–H and O–H groups in total. The van der Waals surface area contributed by atoms with Gasteiger partial charge in [0.1, 0.15) is 17.9 Å². The zero-order chi connectivity index (χ0) is 39.9. The van der Waals surface area contributed by atoms with Gasteiger partial charge in [-0.25, -0.2) is 0 Å². The quantitative estimate of drug-likeness (QED) is 0.156. The Kier molecular flexibility index (Phi) is 16.5. The number of methoxy groups -OCH3 is 1. The van der Waals surface area contributed by atoms with Crippen LogP contribution in [0.25, 0.3) is 0 Å².